The fourth-order valence-corrected chi connectivity index (χ4v) is 5.60. The Labute approximate surface area is 207 Å². The van der Waals surface area contributed by atoms with E-state index in [-0.39, 0.29) is 11.8 Å². The number of hydrogen-bond donors (Lipinski definition) is 2. The van der Waals surface area contributed by atoms with Crippen LogP contribution in [0.25, 0.3) is 11.1 Å². The van der Waals surface area contributed by atoms with Gasteiger partial charge in [0.15, 0.2) is 0 Å². The summed E-state index contributed by atoms with van der Waals surface area (Å²) < 4.78 is 0. The maximum absolute atomic E-state index is 13.0. The number of nitrogens with zero attached hydrogens (tertiary/aromatic N) is 1. The maximum atomic E-state index is 13.0. The fourth-order valence-electron chi connectivity index (χ4n) is 5.60. The third kappa shape index (κ3) is 5.46. The van der Waals surface area contributed by atoms with E-state index in [9.17, 15) is 9.59 Å². The van der Waals surface area contributed by atoms with Crippen molar-refractivity contribution in [3.8, 4) is 11.1 Å². The summed E-state index contributed by atoms with van der Waals surface area (Å²) >= 11 is 0. The van der Waals surface area contributed by atoms with E-state index in [1.54, 1.807) is 24.3 Å². The Kier molecular flexibility index (Phi) is 7.24. The van der Waals surface area contributed by atoms with Gasteiger partial charge in [-0.1, -0.05) is 55.0 Å². The molecule has 0 bridgehead atoms. The first-order valence-electron chi connectivity index (χ1n) is 12.8. The van der Waals surface area contributed by atoms with Crippen LogP contribution < -0.4 is 10.6 Å². The second-order valence-electron chi connectivity index (χ2n) is 9.65. The predicted octanol–water partition coefficient (Wildman–Crippen LogP) is 5.60. The minimum Gasteiger partial charge on any atom is -0.352 e. The highest BCUT2D eigenvalue weighted by atomic mass is 16.2. The Bertz CT molecular complexity index is 1160. The average molecular weight is 468 g/mol. The molecule has 35 heavy (non-hydrogen) atoms. The van der Waals surface area contributed by atoms with E-state index >= 15 is 0 Å². The molecule has 2 aliphatic rings. The number of carbonyl (C=O) groups is 2. The van der Waals surface area contributed by atoms with Gasteiger partial charge in [0.05, 0.1) is 0 Å². The van der Waals surface area contributed by atoms with Crippen LogP contribution in [-0.2, 0) is 0 Å². The van der Waals surface area contributed by atoms with Crippen molar-refractivity contribution in [1.82, 2.24) is 10.2 Å². The molecule has 3 aromatic rings. The molecule has 3 aromatic carbocycles. The van der Waals surface area contributed by atoms with Gasteiger partial charge in [0.25, 0.3) is 11.8 Å². The fraction of sp³-hybridized carbons (Fsp3) is 0.333. The second kappa shape index (κ2) is 10.9. The number of nitrogens with one attached hydrogen (secondary N) is 2. The Hall–Kier alpha value is -3.44. The first-order chi connectivity index (χ1) is 17.2. The number of anilines is 1. The van der Waals surface area contributed by atoms with Crippen LogP contribution in [0.5, 0.6) is 0 Å². The molecule has 5 rings (SSSR count). The highest BCUT2D eigenvalue weighted by Gasteiger charge is 2.32. The van der Waals surface area contributed by atoms with Gasteiger partial charge in [-0.2, -0.15) is 0 Å². The lowest BCUT2D eigenvalue weighted by molar-refractivity contribution is 0.0575. The molecule has 0 spiro atoms. The molecule has 2 fully saturated rings. The Morgan fingerprint density at radius 3 is 2.34 bits per heavy atom. The third-order valence-electron chi connectivity index (χ3n) is 7.41. The van der Waals surface area contributed by atoms with E-state index in [0.717, 1.165) is 17.7 Å². The zero-order chi connectivity index (χ0) is 24.0. The van der Waals surface area contributed by atoms with Crippen LogP contribution in [0.1, 0.15) is 52.8 Å². The molecule has 2 heterocycles. The van der Waals surface area contributed by atoms with Crippen LogP contribution >= 0.6 is 0 Å². The Morgan fingerprint density at radius 1 is 0.771 bits per heavy atom. The smallest absolute Gasteiger partial charge is 0.256 e. The molecule has 5 nitrogen and oxygen atoms in total. The summed E-state index contributed by atoms with van der Waals surface area (Å²) in [5.74, 6) is 0.317. The van der Waals surface area contributed by atoms with E-state index in [1.807, 2.05) is 54.6 Å². The SMILES string of the molecule is O=C(NCC1CCCN2CCCCC12)c1ccc(NC(=O)c2ccccc2-c2ccccc2)cc1. The van der Waals surface area contributed by atoms with Gasteiger partial charge in [0.1, 0.15) is 0 Å². The van der Waals surface area contributed by atoms with E-state index in [1.165, 1.54) is 45.2 Å². The van der Waals surface area contributed by atoms with E-state index in [0.29, 0.717) is 28.8 Å². The molecule has 0 radical (unpaired) electrons. The first-order valence-corrected chi connectivity index (χ1v) is 12.8. The molecule has 2 aliphatic heterocycles. The summed E-state index contributed by atoms with van der Waals surface area (Å²) in [7, 11) is 0. The lowest BCUT2D eigenvalue weighted by Crippen LogP contribution is -2.51. The normalized spacial score (nSPS) is 20.0. The van der Waals surface area contributed by atoms with Crippen molar-refractivity contribution in [1.29, 1.82) is 0 Å². The van der Waals surface area contributed by atoms with Crippen LogP contribution in [-0.4, -0.2) is 42.4 Å². The van der Waals surface area contributed by atoms with Crippen LogP contribution in [0.15, 0.2) is 78.9 Å². The summed E-state index contributed by atoms with van der Waals surface area (Å²) in [6.07, 6.45) is 6.27. The largest absolute Gasteiger partial charge is 0.352 e. The van der Waals surface area contributed by atoms with Crippen molar-refractivity contribution in [2.24, 2.45) is 5.92 Å². The van der Waals surface area contributed by atoms with Crippen LogP contribution in [0.3, 0.4) is 0 Å². The van der Waals surface area contributed by atoms with Gasteiger partial charge in [-0.15, -0.1) is 0 Å². The average Bonchev–Trinajstić information content (AvgIpc) is 2.92. The summed E-state index contributed by atoms with van der Waals surface area (Å²) in [5, 5.41) is 6.13. The van der Waals surface area contributed by atoms with Crippen molar-refractivity contribution in [3.63, 3.8) is 0 Å². The standard InChI is InChI=1S/C30H33N3O2/c34-29(31-21-24-11-8-20-33-19-7-6-14-28(24)33)23-15-17-25(18-16-23)32-30(35)27-13-5-4-12-26(27)22-9-2-1-3-10-22/h1-5,9-10,12-13,15-18,24,28H,6-8,11,14,19-21H2,(H,31,34)(H,32,35). The number of hydrogen-bond acceptors (Lipinski definition) is 3. The summed E-state index contributed by atoms with van der Waals surface area (Å²) in [5.41, 5.74) is 3.79. The van der Waals surface area contributed by atoms with Gasteiger partial charge in [0.2, 0.25) is 0 Å². The van der Waals surface area contributed by atoms with Crippen molar-refractivity contribution in [2.45, 2.75) is 38.1 Å². The van der Waals surface area contributed by atoms with Crippen molar-refractivity contribution in [2.75, 3.05) is 25.0 Å². The molecule has 2 saturated heterocycles. The number of benzene rings is 3. The van der Waals surface area contributed by atoms with E-state index in [2.05, 4.69) is 15.5 Å². The Balaban J connectivity index is 1.20. The summed E-state index contributed by atoms with van der Waals surface area (Å²) in [6.45, 7) is 3.14. The minimum absolute atomic E-state index is 0.0507. The summed E-state index contributed by atoms with van der Waals surface area (Å²) in [6, 6.07) is 25.2. The topological polar surface area (TPSA) is 61.4 Å². The zero-order valence-electron chi connectivity index (χ0n) is 20.1. The molecule has 0 aromatic heterocycles. The first kappa shape index (κ1) is 23.3. The van der Waals surface area contributed by atoms with Gasteiger partial charge in [-0.3, -0.25) is 9.59 Å². The predicted molar refractivity (Wildman–Crippen MR) is 141 cm³/mol. The highest BCUT2D eigenvalue weighted by molar-refractivity contribution is 6.08. The molecule has 2 N–H and O–H groups in total. The van der Waals surface area contributed by atoms with E-state index in [4.69, 9.17) is 0 Å². The van der Waals surface area contributed by atoms with Gasteiger partial charge in [0, 0.05) is 29.4 Å². The van der Waals surface area contributed by atoms with Gasteiger partial charge >= 0.3 is 0 Å². The van der Waals surface area contributed by atoms with Crippen molar-refractivity contribution < 1.29 is 9.59 Å². The zero-order valence-corrected chi connectivity index (χ0v) is 20.1. The molecule has 0 saturated carbocycles. The Morgan fingerprint density at radius 2 is 1.51 bits per heavy atom. The van der Waals surface area contributed by atoms with Gasteiger partial charge < -0.3 is 15.5 Å². The molecule has 0 aliphatic carbocycles. The minimum atomic E-state index is -0.170. The number of carbonyl (C=O) groups excluding carboxylic acids is 2. The molecular weight excluding hydrogens is 434 g/mol. The highest BCUT2D eigenvalue weighted by Crippen LogP contribution is 2.30. The molecular formula is C30H33N3O2. The maximum Gasteiger partial charge on any atom is 0.256 e. The number of piperidine rings is 2. The number of rotatable bonds is 6. The number of fused-ring (bicyclic) bond motifs is 1. The van der Waals surface area contributed by atoms with Crippen molar-refractivity contribution >= 4 is 17.5 Å². The number of amides is 2. The lowest BCUT2D eigenvalue weighted by Gasteiger charge is -2.44. The molecule has 2 atom stereocenters. The lowest BCUT2D eigenvalue weighted by atomic mass is 9.83. The molecule has 2 unspecified atom stereocenters. The van der Waals surface area contributed by atoms with Crippen LogP contribution in [0.2, 0.25) is 0 Å². The van der Waals surface area contributed by atoms with Gasteiger partial charge in [-0.05, 0) is 86.1 Å². The second-order valence-corrected chi connectivity index (χ2v) is 9.65. The quantitative estimate of drug-likeness (QED) is 0.496. The molecule has 2 amide bonds. The summed E-state index contributed by atoms with van der Waals surface area (Å²) in [4.78, 5) is 28.4. The monoisotopic (exact) mass is 467 g/mol. The van der Waals surface area contributed by atoms with Crippen LogP contribution in [0, 0.1) is 5.92 Å². The van der Waals surface area contributed by atoms with E-state index < -0.39 is 0 Å². The van der Waals surface area contributed by atoms with Gasteiger partial charge in [-0.25, -0.2) is 0 Å². The molecule has 5 heteroatoms. The third-order valence-corrected chi connectivity index (χ3v) is 7.41. The van der Waals surface area contributed by atoms with Crippen molar-refractivity contribution in [3.05, 3.63) is 90.0 Å². The molecule has 180 valence electrons. The van der Waals surface area contributed by atoms with Crippen LogP contribution in [0.4, 0.5) is 5.69 Å².